The van der Waals surface area contributed by atoms with E-state index in [1.54, 1.807) is 13.1 Å². The summed E-state index contributed by atoms with van der Waals surface area (Å²) in [5.41, 5.74) is 2.70. The molecule has 0 saturated heterocycles. The summed E-state index contributed by atoms with van der Waals surface area (Å²) < 4.78 is 0. The van der Waals surface area contributed by atoms with Crippen LogP contribution in [-0.4, -0.2) is 11.3 Å². The van der Waals surface area contributed by atoms with Crippen LogP contribution in [0.2, 0.25) is 0 Å². The van der Waals surface area contributed by atoms with Crippen molar-refractivity contribution < 1.29 is 4.79 Å². The molecule has 74 valence electrons. The Morgan fingerprint density at radius 3 is 2.87 bits per heavy atom. The number of pyridine rings is 1. The van der Waals surface area contributed by atoms with Crippen molar-refractivity contribution in [2.75, 3.05) is 0 Å². The molecule has 0 radical (unpaired) electrons. The van der Waals surface area contributed by atoms with E-state index < -0.39 is 0 Å². The molecule has 0 aliphatic carbocycles. The van der Waals surface area contributed by atoms with Crippen molar-refractivity contribution in [2.24, 2.45) is 0 Å². The predicted octanol–water partition coefficient (Wildman–Crippen LogP) is 2.84. The Morgan fingerprint density at radius 2 is 2.07 bits per heavy atom. The summed E-state index contributed by atoms with van der Waals surface area (Å²) in [6, 6.07) is 9.80. The van der Waals surface area contributed by atoms with Crippen LogP contribution < -0.4 is 0 Å². The van der Waals surface area contributed by atoms with E-state index in [1.807, 2.05) is 36.4 Å². The van der Waals surface area contributed by atoms with Crippen LogP contribution in [0.5, 0.6) is 0 Å². The van der Waals surface area contributed by atoms with Gasteiger partial charge in [0.1, 0.15) is 6.29 Å². The monoisotopic (exact) mass is 197 g/mol. The largest absolute Gasteiger partial charge is 0.298 e. The molecule has 2 nitrogen and oxygen atoms in total. The summed E-state index contributed by atoms with van der Waals surface area (Å²) in [4.78, 5) is 14.8. The van der Waals surface area contributed by atoms with Crippen LogP contribution >= 0.6 is 0 Å². The van der Waals surface area contributed by atoms with Gasteiger partial charge in [-0.3, -0.25) is 9.78 Å². The minimum atomic E-state index is 0.714. The van der Waals surface area contributed by atoms with Gasteiger partial charge in [-0.15, -0.1) is 0 Å². The zero-order valence-corrected chi connectivity index (χ0v) is 8.47. The molecule has 0 atom stereocenters. The molecule has 0 N–H and O–H groups in total. The fourth-order valence-corrected chi connectivity index (χ4v) is 1.52. The minimum absolute atomic E-state index is 0.714. The number of para-hydroxylation sites is 1. The second-order valence-corrected chi connectivity index (χ2v) is 3.42. The van der Waals surface area contributed by atoms with Gasteiger partial charge in [0.05, 0.1) is 5.52 Å². The van der Waals surface area contributed by atoms with E-state index in [4.69, 9.17) is 0 Å². The lowest BCUT2D eigenvalue weighted by molar-refractivity contribution is -0.104. The molecule has 0 saturated carbocycles. The Morgan fingerprint density at radius 1 is 1.27 bits per heavy atom. The highest BCUT2D eigenvalue weighted by molar-refractivity contribution is 5.91. The molecule has 0 unspecified atom stereocenters. The van der Waals surface area contributed by atoms with Crippen LogP contribution in [0.3, 0.4) is 0 Å². The maximum absolute atomic E-state index is 10.6. The second kappa shape index (κ2) is 4.05. The molecule has 0 aliphatic rings. The van der Waals surface area contributed by atoms with Crippen molar-refractivity contribution in [3.63, 3.8) is 0 Å². The molecule has 0 spiro atoms. The summed E-state index contributed by atoms with van der Waals surface area (Å²) in [5.74, 6) is 0. The number of hydrogen-bond donors (Lipinski definition) is 0. The molecule has 2 rings (SSSR count). The van der Waals surface area contributed by atoms with Crippen LogP contribution in [0.1, 0.15) is 12.5 Å². The molecule has 0 fully saturated rings. The van der Waals surface area contributed by atoms with Crippen molar-refractivity contribution in [2.45, 2.75) is 6.92 Å². The highest BCUT2D eigenvalue weighted by Gasteiger charge is 1.98. The highest BCUT2D eigenvalue weighted by atomic mass is 16.1. The van der Waals surface area contributed by atoms with Crippen molar-refractivity contribution in [3.05, 3.63) is 47.7 Å². The van der Waals surface area contributed by atoms with Crippen LogP contribution in [0.25, 0.3) is 17.0 Å². The molecule has 0 aliphatic heterocycles. The molecule has 1 aromatic heterocycles. The quantitative estimate of drug-likeness (QED) is 0.547. The number of carbonyl (C=O) groups excluding carboxylic acids is 1. The van der Waals surface area contributed by atoms with Gasteiger partial charge in [-0.2, -0.15) is 0 Å². The second-order valence-electron chi connectivity index (χ2n) is 3.42. The lowest BCUT2D eigenvalue weighted by atomic mass is 10.1. The molecule has 15 heavy (non-hydrogen) atoms. The zero-order valence-electron chi connectivity index (χ0n) is 8.47. The number of aromatic nitrogens is 1. The Bertz CT molecular complexity index is 524. The van der Waals surface area contributed by atoms with E-state index in [9.17, 15) is 4.79 Å². The van der Waals surface area contributed by atoms with Gasteiger partial charge in [-0.1, -0.05) is 18.2 Å². The summed E-state index contributed by atoms with van der Waals surface area (Å²) >= 11 is 0. The maximum atomic E-state index is 10.6. The number of nitrogens with zero attached hydrogens (tertiary/aromatic N) is 1. The Kier molecular flexibility index (Phi) is 2.59. The predicted molar refractivity (Wildman–Crippen MR) is 61.5 cm³/mol. The van der Waals surface area contributed by atoms with E-state index in [2.05, 4.69) is 4.98 Å². The first-order valence-electron chi connectivity index (χ1n) is 4.78. The Labute approximate surface area is 88.3 Å². The molecule has 0 bridgehead atoms. The molecular formula is C13H11NO. The first-order valence-corrected chi connectivity index (χ1v) is 4.78. The van der Waals surface area contributed by atoms with E-state index in [1.165, 1.54) is 0 Å². The van der Waals surface area contributed by atoms with Gasteiger partial charge in [-0.25, -0.2) is 0 Å². The van der Waals surface area contributed by atoms with Gasteiger partial charge in [0.2, 0.25) is 0 Å². The number of fused-ring (bicyclic) bond motifs is 1. The summed E-state index contributed by atoms with van der Waals surface area (Å²) in [5, 5.41) is 1.07. The minimum Gasteiger partial charge on any atom is -0.298 e. The van der Waals surface area contributed by atoms with Gasteiger partial charge in [0, 0.05) is 11.6 Å². The number of benzene rings is 1. The van der Waals surface area contributed by atoms with Crippen LogP contribution in [0.4, 0.5) is 0 Å². The van der Waals surface area contributed by atoms with Gasteiger partial charge in [0.25, 0.3) is 0 Å². The summed E-state index contributed by atoms with van der Waals surface area (Å²) in [7, 11) is 0. The Hall–Kier alpha value is -1.96. The number of allylic oxidation sites excluding steroid dienone is 1. The summed E-state index contributed by atoms with van der Waals surface area (Å²) in [6.45, 7) is 1.79. The first kappa shape index (κ1) is 9.59. The van der Waals surface area contributed by atoms with E-state index in [0.717, 1.165) is 22.8 Å². The standard InChI is InChI=1S/C13H11NO/c1-10(9-15)8-11-6-7-14-13-5-3-2-4-12(11)13/h2-9H,1H3. The molecule has 2 heteroatoms. The Balaban J connectivity index is 2.66. The van der Waals surface area contributed by atoms with Crippen molar-refractivity contribution in [3.8, 4) is 0 Å². The summed E-state index contributed by atoms with van der Waals surface area (Å²) in [6.07, 6.45) is 4.48. The van der Waals surface area contributed by atoms with Gasteiger partial charge >= 0.3 is 0 Å². The van der Waals surface area contributed by atoms with E-state index >= 15 is 0 Å². The molecule has 0 amide bonds. The molecular weight excluding hydrogens is 186 g/mol. The lowest BCUT2D eigenvalue weighted by Gasteiger charge is -2.00. The maximum Gasteiger partial charge on any atom is 0.145 e. The molecule has 2 aromatic rings. The fourth-order valence-electron chi connectivity index (χ4n) is 1.52. The number of hydrogen-bond acceptors (Lipinski definition) is 2. The lowest BCUT2D eigenvalue weighted by Crippen LogP contribution is -1.83. The third kappa shape index (κ3) is 1.94. The fraction of sp³-hybridized carbons (Fsp3) is 0.0769. The van der Waals surface area contributed by atoms with Crippen LogP contribution in [0, 0.1) is 0 Å². The third-order valence-corrected chi connectivity index (χ3v) is 2.25. The average molecular weight is 197 g/mol. The smallest absolute Gasteiger partial charge is 0.145 e. The normalized spacial score (nSPS) is 11.7. The van der Waals surface area contributed by atoms with Gasteiger partial charge < -0.3 is 0 Å². The third-order valence-electron chi connectivity index (χ3n) is 2.25. The van der Waals surface area contributed by atoms with E-state index in [0.29, 0.717) is 5.57 Å². The average Bonchev–Trinajstić information content (AvgIpc) is 2.29. The van der Waals surface area contributed by atoms with Gasteiger partial charge in [0.15, 0.2) is 0 Å². The van der Waals surface area contributed by atoms with Crippen molar-refractivity contribution in [1.29, 1.82) is 0 Å². The molecule has 1 aromatic carbocycles. The number of rotatable bonds is 2. The first-order chi connectivity index (χ1) is 7.31. The topological polar surface area (TPSA) is 30.0 Å². The number of aldehydes is 1. The van der Waals surface area contributed by atoms with E-state index in [-0.39, 0.29) is 0 Å². The highest BCUT2D eigenvalue weighted by Crippen LogP contribution is 2.18. The van der Waals surface area contributed by atoms with Crippen LogP contribution in [0.15, 0.2) is 42.1 Å². The number of carbonyl (C=O) groups is 1. The SMILES string of the molecule is CC(C=O)=Cc1ccnc2ccccc12. The molecule has 1 heterocycles. The van der Waals surface area contributed by atoms with Crippen LogP contribution in [-0.2, 0) is 4.79 Å². The van der Waals surface area contributed by atoms with Crippen molar-refractivity contribution >= 4 is 23.3 Å². The van der Waals surface area contributed by atoms with Gasteiger partial charge in [-0.05, 0) is 36.3 Å². The zero-order chi connectivity index (χ0) is 10.7. The van der Waals surface area contributed by atoms with Crippen molar-refractivity contribution in [1.82, 2.24) is 4.98 Å².